The van der Waals surface area contributed by atoms with Crippen LogP contribution in [-0.2, 0) is 17.8 Å². The Morgan fingerprint density at radius 1 is 1.14 bits per heavy atom. The van der Waals surface area contributed by atoms with E-state index in [9.17, 15) is 0 Å². The normalized spacial score (nSPS) is 15.4. The van der Waals surface area contributed by atoms with Gasteiger partial charge in [-0.25, -0.2) is 0 Å². The molecule has 7 heteroatoms. The van der Waals surface area contributed by atoms with E-state index in [4.69, 9.17) is 4.74 Å². The highest BCUT2D eigenvalue weighted by Crippen LogP contribution is 2.12. The molecule has 0 atom stereocenters. The first-order valence-corrected chi connectivity index (χ1v) is 10.2. The van der Waals surface area contributed by atoms with Crippen molar-refractivity contribution in [2.75, 3.05) is 60.0 Å². The molecule has 0 saturated carbocycles. The van der Waals surface area contributed by atoms with Crippen molar-refractivity contribution in [2.24, 2.45) is 4.99 Å². The van der Waals surface area contributed by atoms with E-state index in [1.807, 2.05) is 7.05 Å². The summed E-state index contributed by atoms with van der Waals surface area (Å²) in [5, 5.41) is 6.88. The highest BCUT2D eigenvalue weighted by Gasteiger charge is 2.12. The van der Waals surface area contributed by atoms with E-state index in [1.165, 1.54) is 24.0 Å². The average Bonchev–Trinajstić information content (AvgIpc) is 2.70. The molecule has 0 unspecified atom stereocenters. The fraction of sp³-hybridized carbons (Fsp3) is 0.667. The number of hydrogen-bond acceptors (Lipinski definition) is 4. The van der Waals surface area contributed by atoms with Crippen LogP contribution in [0.25, 0.3) is 0 Å². The van der Waals surface area contributed by atoms with Crippen LogP contribution in [0.5, 0.6) is 0 Å². The molecular weight excluding hydrogens is 465 g/mol. The van der Waals surface area contributed by atoms with Gasteiger partial charge in [-0.1, -0.05) is 37.6 Å². The number of rotatable bonds is 10. The second-order valence-electron chi connectivity index (χ2n) is 7.17. The summed E-state index contributed by atoms with van der Waals surface area (Å²) >= 11 is 0. The van der Waals surface area contributed by atoms with Crippen molar-refractivity contribution in [1.82, 2.24) is 20.4 Å². The van der Waals surface area contributed by atoms with Crippen LogP contribution < -0.4 is 10.6 Å². The van der Waals surface area contributed by atoms with E-state index in [0.29, 0.717) is 0 Å². The van der Waals surface area contributed by atoms with Crippen LogP contribution in [0.1, 0.15) is 30.9 Å². The Morgan fingerprint density at radius 2 is 1.86 bits per heavy atom. The molecule has 1 fully saturated rings. The smallest absolute Gasteiger partial charge is 0.191 e. The van der Waals surface area contributed by atoms with Gasteiger partial charge in [-0.05, 0) is 31.1 Å². The summed E-state index contributed by atoms with van der Waals surface area (Å²) in [7, 11) is 4.01. The summed E-state index contributed by atoms with van der Waals surface area (Å²) in [6, 6.07) is 8.66. The highest BCUT2D eigenvalue weighted by molar-refractivity contribution is 14.0. The molecule has 1 saturated heterocycles. The molecular formula is C21H38IN5O. The van der Waals surface area contributed by atoms with Gasteiger partial charge in [0.25, 0.3) is 0 Å². The minimum atomic E-state index is 0. The summed E-state index contributed by atoms with van der Waals surface area (Å²) in [5.41, 5.74) is 2.70. The highest BCUT2D eigenvalue weighted by atomic mass is 127. The fourth-order valence-electron chi connectivity index (χ4n) is 3.19. The molecule has 0 aromatic heterocycles. The van der Waals surface area contributed by atoms with Crippen LogP contribution >= 0.6 is 24.0 Å². The molecule has 1 aromatic carbocycles. The predicted molar refractivity (Wildman–Crippen MR) is 129 cm³/mol. The van der Waals surface area contributed by atoms with Crippen molar-refractivity contribution in [3.63, 3.8) is 0 Å². The monoisotopic (exact) mass is 503 g/mol. The number of halogens is 1. The van der Waals surface area contributed by atoms with Gasteiger partial charge in [-0.3, -0.25) is 9.89 Å². The average molecular weight is 503 g/mol. The Kier molecular flexibility index (Phi) is 13.5. The lowest BCUT2D eigenvalue weighted by Crippen LogP contribution is -2.41. The minimum Gasteiger partial charge on any atom is -0.379 e. The van der Waals surface area contributed by atoms with Crippen LogP contribution in [-0.4, -0.2) is 75.8 Å². The van der Waals surface area contributed by atoms with Crippen molar-refractivity contribution in [1.29, 1.82) is 0 Å². The zero-order valence-electron chi connectivity index (χ0n) is 17.7. The van der Waals surface area contributed by atoms with Gasteiger partial charge in [0.2, 0.25) is 0 Å². The maximum atomic E-state index is 5.46. The Balaban J connectivity index is 0.00000392. The molecule has 2 rings (SSSR count). The summed E-state index contributed by atoms with van der Waals surface area (Å²) in [4.78, 5) is 9.18. The van der Waals surface area contributed by atoms with Crippen molar-refractivity contribution in [2.45, 2.75) is 32.9 Å². The van der Waals surface area contributed by atoms with Gasteiger partial charge in [-0.2, -0.15) is 0 Å². The molecule has 1 aromatic rings. The van der Waals surface area contributed by atoms with Gasteiger partial charge < -0.3 is 20.3 Å². The van der Waals surface area contributed by atoms with Crippen molar-refractivity contribution in [3.8, 4) is 0 Å². The number of hydrogen-bond donors (Lipinski definition) is 2. The number of likely N-dealkylation sites (N-methyl/N-ethyl adjacent to an activating group) is 1. The summed E-state index contributed by atoms with van der Waals surface area (Å²) in [6.45, 7) is 10.8. The Labute approximate surface area is 188 Å². The molecule has 1 aliphatic heterocycles. The van der Waals surface area contributed by atoms with E-state index in [-0.39, 0.29) is 24.0 Å². The van der Waals surface area contributed by atoms with Crippen LogP contribution in [0.4, 0.5) is 0 Å². The zero-order valence-corrected chi connectivity index (χ0v) is 20.1. The van der Waals surface area contributed by atoms with Gasteiger partial charge in [-0.15, -0.1) is 24.0 Å². The van der Waals surface area contributed by atoms with Crippen LogP contribution in [0, 0.1) is 0 Å². The number of unbranched alkanes of at least 4 members (excludes halogenated alkanes) is 1. The largest absolute Gasteiger partial charge is 0.379 e. The van der Waals surface area contributed by atoms with E-state index in [1.54, 1.807) is 0 Å². The van der Waals surface area contributed by atoms with Crippen LogP contribution in [0.2, 0.25) is 0 Å². The van der Waals surface area contributed by atoms with Crippen molar-refractivity contribution < 1.29 is 4.74 Å². The summed E-state index contributed by atoms with van der Waals surface area (Å²) in [5.74, 6) is 0.861. The molecule has 2 N–H and O–H groups in total. The third-order valence-electron chi connectivity index (χ3n) is 4.97. The second-order valence-corrected chi connectivity index (χ2v) is 7.17. The van der Waals surface area contributed by atoms with Crippen LogP contribution in [0.3, 0.4) is 0 Å². The minimum absolute atomic E-state index is 0. The molecule has 0 radical (unpaired) electrons. The molecule has 0 amide bonds. The quantitative estimate of drug-likeness (QED) is 0.292. The van der Waals surface area contributed by atoms with Gasteiger partial charge in [0.05, 0.1) is 13.2 Å². The van der Waals surface area contributed by atoms with E-state index >= 15 is 0 Å². The Morgan fingerprint density at radius 3 is 2.54 bits per heavy atom. The number of ether oxygens (including phenoxy) is 1. The van der Waals surface area contributed by atoms with Gasteiger partial charge in [0.15, 0.2) is 5.96 Å². The lowest BCUT2D eigenvalue weighted by molar-refractivity contribution is 0.0341. The third kappa shape index (κ3) is 9.54. The first kappa shape index (κ1) is 25.1. The maximum absolute atomic E-state index is 5.46. The van der Waals surface area contributed by atoms with Crippen molar-refractivity contribution >= 4 is 29.9 Å². The second kappa shape index (κ2) is 15.0. The van der Waals surface area contributed by atoms with E-state index in [2.05, 4.69) is 63.7 Å². The summed E-state index contributed by atoms with van der Waals surface area (Å²) < 4.78 is 5.46. The first-order chi connectivity index (χ1) is 13.2. The fourth-order valence-corrected chi connectivity index (χ4v) is 3.19. The standard InChI is InChI=1S/C21H37N5O.HI/c1-4-5-11-25(3)12-10-23-21(22-2)24-17-19-8-6-7-9-20(19)18-26-13-15-27-16-14-26;/h6-9H,4-5,10-18H2,1-3H3,(H2,22,23,24);1H. The molecule has 1 heterocycles. The van der Waals surface area contributed by atoms with Gasteiger partial charge in [0, 0.05) is 46.3 Å². The maximum Gasteiger partial charge on any atom is 0.191 e. The Bertz CT molecular complexity index is 563. The molecule has 0 aliphatic carbocycles. The SMILES string of the molecule is CCCCN(C)CCNC(=NC)NCc1ccccc1CN1CCOCC1.I. The molecule has 28 heavy (non-hydrogen) atoms. The lowest BCUT2D eigenvalue weighted by Gasteiger charge is -2.27. The topological polar surface area (TPSA) is 52.1 Å². The van der Waals surface area contributed by atoms with Crippen LogP contribution in [0.15, 0.2) is 29.3 Å². The van der Waals surface area contributed by atoms with E-state index < -0.39 is 0 Å². The number of aliphatic imine (C=N–C) groups is 1. The molecule has 0 bridgehead atoms. The Hall–Kier alpha value is -0.900. The molecule has 160 valence electrons. The third-order valence-corrected chi connectivity index (χ3v) is 4.97. The molecule has 1 aliphatic rings. The van der Waals surface area contributed by atoms with Gasteiger partial charge in [0.1, 0.15) is 0 Å². The van der Waals surface area contributed by atoms with Crippen molar-refractivity contribution in [3.05, 3.63) is 35.4 Å². The number of morpholine rings is 1. The number of nitrogens with zero attached hydrogens (tertiary/aromatic N) is 3. The van der Waals surface area contributed by atoms with Gasteiger partial charge >= 0.3 is 0 Å². The van der Waals surface area contributed by atoms with E-state index in [0.717, 1.165) is 65.0 Å². The summed E-state index contributed by atoms with van der Waals surface area (Å²) in [6.07, 6.45) is 2.49. The zero-order chi connectivity index (χ0) is 19.3. The predicted octanol–water partition coefficient (Wildman–Crippen LogP) is 2.53. The first-order valence-electron chi connectivity index (χ1n) is 10.2. The lowest BCUT2D eigenvalue weighted by atomic mass is 10.1. The molecule has 6 nitrogen and oxygen atoms in total. The number of guanidine groups is 1. The number of benzene rings is 1. The molecule has 0 spiro atoms. The number of nitrogens with one attached hydrogen (secondary N) is 2.